The van der Waals surface area contributed by atoms with Crippen molar-refractivity contribution in [1.82, 2.24) is 9.78 Å². The summed E-state index contributed by atoms with van der Waals surface area (Å²) in [5.41, 5.74) is 1.84. The molecule has 0 radical (unpaired) electrons. The van der Waals surface area contributed by atoms with Gasteiger partial charge in [0.1, 0.15) is 17.5 Å². The number of carbonyl (C=O) groups excluding carboxylic acids is 1. The predicted molar refractivity (Wildman–Crippen MR) is 69.4 cm³/mol. The number of fused-ring (bicyclic) bond motifs is 1. The van der Waals surface area contributed by atoms with Crippen molar-refractivity contribution >= 4 is 11.7 Å². The lowest BCUT2D eigenvalue weighted by molar-refractivity contribution is -0.116. The summed E-state index contributed by atoms with van der Waals surface area (Å²) in [5.74, 6) is -1.33. The number of aryl methyl sites for hydroxylation is 2. The zero-order valence-electron chi connectivity index (χ0n) is 11.1. The maximum absolute atomic E-state index is 14.0. The van der Waals surface area contributed by atoms with E-state index in [1.807, 2.05) is 6.92 Å². The topological polar surface area (TPSA) is 46.9 Å². The Balaban J connectivity index is 2.18. The van der Waals surface area contributed by atoms with Crippen molar-refractivity contribution in [3.05, 3.63) is 46.7 Å². The molecule has 1 aromatic heterocycles. The fourth-order valence-electron chi connectivity index (χ4n) is 2.76. The van der Waals surface area contributed by atoms with Gasteiger partial charge >= 0.3 is 0 Å². The van der Waals surface area contributed by atoms with Crippen molar-refractivity contribution in [3.8, 4) is 0 Å². The van der Waals surface area contributed by atoms with Gasteiger partial charge in [0.2, 0.25) is 5.91 Å². The Kier molecular flexibility index (Phi) is 2.81. The highest BCUT2D eigenvalue weighted by atomic mass is 19.1. The molecule has 0 saturated carbocycles. The molecule has 0 unspecified atom stereocenters. The maximum atomic E-state index is 14.0. The van der Waals surface area contributed by atoms with Crippen LogP contribution in [0.2, 0.25) is 0 Å². The highest BCUT2D eigenvalue weighted by molar-refractivity contribution is 5.94. The second-order valence-corrected chi connectivity index (χ2v) is 4.94. The molecule has 104 valence electrons. The van der Waals surface area contributed by atoms with Gasteiger partial charge in [-0.15, -0.1) is 0 Å². The van der Waals surface area contributed by atoms with Crippen LogP contribution in [0.3, 0.4) is 0 Å². The second kappa shape index (κ2) is 4.40. The first kappa shape index (κ1) is 12.8. The second-order valence-electron chi connectivity index (χ2n) is 4.94. The van der Waals surface area contributed by atoms with Gasteiger partial charge in [-0.1, -0.05) is 6.07 Å². The molecule has 4 nitrogen and oxygen atoms in total. The first-order valence-electron chi connectivity index (χ1n) is 6.25. The summed E-state index contributed by atoms with van der Waals surface area (Å²) < 4.78 is 28.6. The minimum absolute atomic E-state index is 0.127. The van der Waals surface area contributed by atoms with Gasteiger partial charge in [0.25, 0.3) is 0 Å². The molecular weight excluding hydrogens is 264 g/mol. The number of hydrogen-bond acceptors (Lipinski definition) is 2. The Hall–Kier alpha value is -2.24. The minimum atomic E-state index is -0.640. The molecule has 3 rings (SSSR count). The lowest BCUT2D eigenvalue weighted by Crippen LogP contribution is -2.25. The van der Waals surface area contributed by atoms with Crippen LogP contribution in [0.1, 0.15) is 29.2 Å². The Morgan fingerprint density at radius 2 is 2.15 bits per heavy atom. The minimum Gasteiger partial charge on any atom is -0.311 e. The summed E-state index contributed by atoms with van der Waals surface area (Å²) >= 11 is 0. The first-order valence-corrected chi connectivity index (χ1v) is 6.25. The SMILES string of the molecule is Cc1nn(C)c2c1[C@H](c1ccc(F)cc1F)CC(=O)N2. The molecule has 0 bridgehead atoms. The summed E-state index contributed by atoms with van der Waals surface area (Å²) in [6, 6.07) is 3.44. The van der Waals surface area contributed by atoms with Crippen molar-refractivity contribution in [2.45, 2.75) is 19.3 Å². The van der Waals surface area contributed by atoms with Crippen LogP contribution in [0.15, 0.2) is 18.2 Å². The van der Waals surface area contributed by atoms with Crippen molar-refractivity contribution < 1.29 is 13.6 Å². The van der Waals surface area contributed by atoms with Crippen molar-refractivity contribution in [2.24, 2.45) is 7.05 Å². The Bertz CT molecular complexity index is 709. The van der Waals surface area contributed by atoms with E-state index in [0.717, 1.165) is 17.3 Å². The fraction of sp³-hybridized carbons (Fsp3) is 0.286. The van der Waals surface area contributed by atoms with Crippen LogP contribution in [-0.4, -0.2) is 15.7 Å². The zero-order chi connectivity index (χ0) is 14.4. The summed E-state index contributed by atoms with van der Waals surface area (Å²) in [6.07, 6.45) is 0.127. The normalized spacial score (nSPS) is 17.8. The standard InChI is InChI=1S/C14H13F2N3O/c1-7-13-10(9-4-3-8(15)5-11(9)16)6-12(20)17-14(13)19(2)18-7/h3-5,10H,6H2,1-2H3,(H,17,20)/t10-/m0/s1. The number of anilines is 1. The summed E-state index contributed by atoms with van der Waals surface area (Å²) in [4.78, 5) is 11.8. The zero-order valence-corrected chi connectivity index (χ0v) is 11.1. The maximum Gasteiger partial charge on any atom is 0.226 e. The molecule has 1 atom stereocenters. The molecule has 2 aromatic rings. The third kappa shape index (κ3) is 1.88. The Labute approximate surface area is 114 Å². The molecule has 1 aliphatic rings. The highest BCUT2D eigenvalue weighted by Gasteiger charge is 2.32. The van der Waals surface area contributed by atoms with Crippen LogP contribution in [0.25, 0.3) is 0 Å². The lowest BCUT2D eigenvalue weighted by Gasteiger charge is -2.24. The Morgan fingerprint density at radius 3 is 2.85 bits per heavy atom. The summed E-state index contributed by atoms with van der Waals surface area (Å²) in [6.45, 7) is 1.81. The largest absolute Gasteiger partial charge is 0.311 e. The summed E-state index contributed by atoms with van der Waals surface area (Å²) in [7, 11) is 1.72. The van der Waals surface area contributed by atoms with E-state index in [0.29, 0.717) is 11.4 Å². The van der Waals surface area contributed by atoms with Gasteiger partial charge in [-0.2, -0.15) is 5.10 Å². The van der Waals surface area contributed by atoms with Gasteiger partial charge in [-0.05, 0) is 18.6 Å². The average molecular weight is 277 g/mol. The van der Waals surface area contributed by atoms with Crippen LogP contribution in [0, 0.1) is 18.6 Å². The lowest BCUT2D eigenvalue weighted by atomic mass is 9.85. The van der Waals surface area contributed by atoms with Crippen molar-refractivity contribution in [1.29, 1.82) is 0 Å². The van der Waals surface area contributed by atoms with E-state index in [1.54, 1.807) is 11.7 Å². The molecule has 6 heteroatoms. The number of nitrogens with zero attached hydrogens (tertiary/aromatic N) is 2. The number of rotatable bonds is 1. The number of benzene rings is 1. The molecule has 0 spiro atoms. The molecule has 1 aromatic carbocycles. The van der Waals surface area contributed by atoms with Crippen LogP contribution >= 0.6 is 0 Å². The quantitative estimate of drug-likeness (QED) is 0.870. The molecule has 0 fully saturated rings. The molecule has 1 N–H and O–H groups in total. The van der Waals surface area contributed by atoms with Gasteiger partial charge in [-0.3, -0.25) is 9.48 Å². The van der Waals surface area contributed by atoms with E-state index >= 15 is 0 Å². The molecular formula is C14H13F2N3O. The number of aromatic nitrogens is 2. The van der Waals surface area contributed by atoms with E-state index < -0.39 is 17.6 Å². The van der Waals surface area contributed by atoms with Crippen LogP contribution in [-0.2, 0) is 11.8 Å². The number of nitrogens with one attached hydrogen (secondary N) is 1. The Morgan fingerprint density at radius 1 is 1.40 bits per heavy atom. The monoisotopic (exact) mass is 277 g/mol. The predicted octanol–water partition coefficient (Wildman–Crippen LogP) is 2.48. The van der Waals surface area contributed by atoms with E-state index in [2.05, 4.69) is 10.4 Å². The van der Waals surface area contributed by atoms with Gasteiger partial charge in [0.05, 0.1) is 5.69 Å². The molecule has 1 aliphatic heterocycles. The molecule has 2 heterocycles. The van der Waals surface area contributed by atoms with E-state index in [1.165, 1.54) is 12.1 Å². The van der Waals surface area contributed by atoms with E-state index in [9.17, 15) is 13.6 Å². The number of halogens is 2. The van der Waals surface area contributed by atoms with Crippen LogP contribution in [0.4, 0.5) is 14.6 Å². The number of hydrogen-bond donors (Lipinski definition) is 1. The highest BCUT2D eigenvalue weighted by Crippen LogP contribution is 2.39. The van der Waals surface area contributed by atoms with Crippen LogP contribution < -0.4 is 5.32 Å². The van der Waals surface area contributed by atoms with Crippen LogP contribution in [0.5, 0.6) is 0 Å². The van der Waals surface area contributed by atoms with Crippen molar-refractivity contribution in [2.75, 3.05) is 5.32 Å². The van der Waals surface area contributed by atoms with Gasteiger partial charge in [0, 0.05) is 31.0 Å². The van der Waals surface area contributed by atoms with Crippen molar-refractivity contribution in [3.63, 3.8) is 0 Å². The van der Waals surface area contributed by atoms with Gasteiger partial charge < -0.3 is 5.32 Å². The average Bonchev–Trinajstić information content (AvgIpc) is 2.64. The molecule has 0 aliphatic carbocycles. The molecule has 0 saturated heterocycles. The van der Waals surface area contributed by atoms with Gasteiger partial charge in [-0.25, -0.2) is 8.78 Å². The van der Waals surface area contributed by atoms with Gasteiger partial charge in [0.15, 0.2) is 0 Å². The third-order valence-corrected chi connectivity index (χ3v) is 3.60. The number of carbonyl (C=O) groups is 1. The fourth-order valence-corrected chi connectivity index (χ4v) is 2.76. The molecule has 20 heavy (non-hydrogen) atoms. The molecule has 1 amide bonds. The number of amides is 1. The smallest absolute Gasteiger partial charge is 0.226 e. The first-order chi connectivity index (χ1) is 9.47. The summed E-state index contributed by atoms with van der Waals surface area (Å²) in [5, 5.41) is 7.00. The third-order valence-electron chi connectivity index (χ3n) is 3.60. The van der Waals surface area contributed by atoms with E-state index in [4.69, 9.17) is 0 Å². The van der Waals surface area contributed by atoms with E-state index in [-0.39, 0.29) is 12.3 Å².